The molecule has 0 fully saturated rings. The first kappa shape index (κ1) is 15.0. The SMILES string of the molecule is CN1c2ccc(C(F)(F)F)c(N)c2CC1(Cl)c1ccccc1. The molecule has 2 aromatic rings. The van der Waals surface area contributed by atoms with Crippen molar-refractivity contribution in [1.29, 1.82) is 0 Å². The van der Waals surface area contributed by atoms with Crippen LogP contribution in [-0.2, 0) is 17.6 Å². The van der Waals surface area contributed by atoms with Crippen LogP contribution in [0.25, 0.3) is 0 Å². The standard InChI is InChI=1S/C16H14ClF3N2/c1-22-13-8-7-12(16(18,19)20)14(21)11(13)9-15(22,17)10-5-3-2-4-6-10/h2-8H,9,21H2,1H3. The molecular weight excluding hydrogens is 313 g/mol. The van der Waals surface area contributed by atoms with Crippen LogP contribution in [-0.4, -0.2) is 7.05 Å². The van der Waals surface area contributed by atoms with Gasteiger partial charge in [-0.25, -0.2) is 0 Å². The van der Waals surface area contributed by atoms with E-state index in [9.17, 15) is 13.2 Å². The third-order valence-electron chi connectivity index (χ3n) is 4.16. The molecule has 0 aliphatic carbocycles. The normalized spacial score (nSPS) is 21.0. The van der Waals surface area contributed by atoms with E-state index < -0.39 is 16.7 Å². The summed E-state index contributed by atoms with van der Waals surface area (Å²) in [6, 6.07) is 11.7. The highest BCUT2D eigenvalue weighted by atomic mass is 35.5. The van der Waals surface area contributed by atoms with E-state index in [1.54, 1.807) is 11.9 Å². The molecule has 0 spiro atoms. The molecule has 6 heteroatoms. The van der Waals surface area contributed by atoms with Crippen molar-refractivity contribution in [3.05, 3.63) is 59.2 Å². The van der Waals surface area contributed by atoms with Crippen LogP contribution in [0.5, 0.6) is 0 Å². The summed E-state index contributed by atoms with van der Waals surface area (Å²) >= 11 is 6.74. The predicted octanol–water partition coefficient (Wildman–Crippen LogP) is 4.37. The Labute approximate surface area is 131 Å². The second-order valence-corrected chi connectivity index (χ2v) is 6.01. The number of nitrogens with zero attached hydrogens (tertiary/aromatic N) is 1. The van der Waals surface area contributed by atoms with Gasteiger partial charge in [0.1, 0.15) is 5.00 Å². The van der Waals surface area contributed by atoms with Gasteiger partial charge >= 0.3 is 6.18 Å². The fourth-order valence-corrected chi connectivity index (χ4v) is 3.28. The molecule has 0 aromatic heterocycles. The van der Waals surface area contributed by atoms with Gasteiger partial charge in [-0.2, -0.15) is 13.2 Å². The summed E-state index contributed by atoms with van der Waals surface area (Å²) in [6.07, 6.45) is -4.25. The topological polar surface area (TPSA) is 29.3 Å². The number of hydrogen-bond acceptors (Lipinski definition) is 2. The molecule has 0 bridgehead atoms. The molecule has 22 heavy (non-hydrogen) atoms. The van der Waals surface area contributed by atoms with Crippen LogP contribution in [0.4, 0.5) is 24.5 Å². The summed E-state index contributed by atoms with van der Waals surface area (Å²) in [5, 5.41) is 0. The maximum atomic E-state index is 13.0. The molecule has 1 aliphatic heterocycles. The van der Waals surface area contributed by atoms with Crippen molar-refractivity contribution >= 4 is 23.0 Å². The third kappa shape index (κ3) is 2.11. The molecule has 0 saturated carbocycles. The van der Waals surface area contributed by atoms with E-state index in [0.717, 1.165) is 11.6 Å². The van der Waals surface area contributed by atoms with Gasteiger partial charge < -0.3 is 10.6 Å². The van der Waals surface area contributed by atoms with Gasteiger partial charge in [0.15, 0.2) is 0 Å². The minimum absolute atomic E-state index is 0.222. The number of rotatable bonds is 1. The fourth-order valence-electron chi connectivity index (χ4n) is 2.93. The Morgan fingerprint density at radius 1 is 1.14 bits per heavy atom. The maximum Gasteiger partial charge on any atom is 0.418 e. The highest BCUT2D eigenvalue weighted by Crippen LogP contribution is 2.50. The number of benzene rings is 2. The van der Waals surface area contributed by atoms with E-state index in [0.29, 0.717) is 11.3 Å². The van der Waals surface area contributed by atoms with Crippen molar-refractivity contribution in [1.82, 2.24) is 0 Å². The Morgan fingerprint density at radius 3 is 2.36 bits per heavy atom. The first-order valence-electron chi connectivity index (χ1n) is 6.72. The van der Waals surface area contributed by atoms with Crippen molar-refractivity contribution < 1.29 is 13.2 Å². The van der Waals surface area contributed by atoms with Crippen LogP contribution in [0.3, 0.4) is 0 Å². The number of alkyl halides is 4. The van der Waals surface area contributed by atoms with Gasteiger partial charge in [0, 0.05) is 30.4 Å². The molecule has 0 radical (unpaired) electrons. The Balaban J connectivity index is 2.12. The quantitative estimate of drug-likeness (QED) is 0.479. The van der Waals surface area contributed by atoms with E-state index in [4.69, 9.17) is 17.3 Å². The second kappa shape index (κ2) is 4.81. The number of likely N-dealkylation sites (N-methyl/N-ethyl adjacent to an activating group) is 1. The number of anilines is 2. The molecule has 2 nitrogen and oxygen atoms in total. The van der Waals surface area contributed by atoms with Crippen molar-refractivity contribution in [2.75, 3.05) is 17.7 Å². The highest BCUT2D eigenvalue weighted by molar-refractivity contribution is 6.26. The first-order chi connectivity index (χ1) is 10.2. The van der Waals surface area contributed by atoms with Crippen LogP contribution in [0.15, 0.2) is 42.5 Å². The Hall–Kier alpha value is -1.88. The number of fused-ring (bicyclic) bond motifs is 1. The summed E-state index contributed by atoms with van der Waals surface area (Å²) < 4.78 is 39.0. The molecule has 116 valence electrons. The Morgan fingerprint density at radius 2 is 1.77 bits per heavy atom. The predicted molar refractivity (Wildman–Crippen MR) is 81.9 cm³/mol. The maximum absolute atomic E-state index is 13.0. The number of hydrogen-bond donors (Lipinski definition) is 1. The minimum atomic E-state index is -4.47. The summed E-state index contributed by atoms with van der Waals surface area (Å²) in [5.74, 6) is 0. The van der Waals surface area contributed by atoms with Gasteiger partial charge in [-0.1, -0.05) is 41.9 Å². The van der Waals surface area contributed by atoms with Gasteiger partial charge in [-0.05, 0) is 17.7 Å². The zero-order valence-electron chi connectivity index (χ0n) is 11.8. The first-order valence-corrected chi connectivity index (χ1v) is 7.10. The molecule has 1 unspecified atom stereocenters. The summed E-state index contributed by atoms with van der Waals surface area (Å²) in [7, 11) is 1.76. The van der Waals surface area contributed by atoms with Gasteiger partial charge in [0.05, 0.1) is 5.56 Å². The number of halogens is 4. The van der Waals surface area contributed by atoms with E-state index in [1.807, 2.05) is 30.3 Å². The molecule has 1 aliphatic rings. The van der Waals surface area contributed by atoms with Crippen molar-refractivity contribution in [3.63, 3.8) is 0 Å². The number of nitrogens with two attached hydrogens (primary N) is 1. The Bertz CT molecular complexity index is 715. The average molecular weight is 327 g/mol. The summed E-state index contributed by atoms with van der Waals surface area (Å²) in [4.78, 5) is 0.845. The van der Waals surface area contributed by atoms with Gasteiger partial charge in [0.2, 0.25) is 0 Å². The third-order valence-corrected chi connectivity index (χ3v) is 4.76. The van der Waals surface area contributed by atoms with Gasteiger partial charge in [0.25, 0.3) is 0 Å². The molecule has 3 rings (SSSR count). The van der Waals surface area contributed by atoms with Crippen LogP contribution >= 0.6 is 11.6 Å². The number of nitrogen functional groups attached to an aromatic ring is 1. The van der Waals surface area contributed by atoms with Crippen molar-refractivity contribution in [3.8, 4) is 0 Å². The summed E-state index contributed by atoms with van der Waals surface area (Å²) in [5.41, 5.74) is 6.62. The molecule has 2 N–H and O–H groups in total. The van der Waals surface area contributed by atoms with Crippen LogP contribution in [0.2, 0.25) is 0 Å². The molecule has 0 saturated heterocycles. The lowest BCUT2D eigenvalue weighted by atomic mass is 9.99. The smallest absolute Gasteiger partial charge is 0.398 e. The molecule has 1 atom stereocenters. The zero-order valence-corrected chi connectivity index (χ0v) is 12.5. The fraction of sp³-hybridized carbons (Fsp3) is 0.250. The zero-order chi connectivity index (χ0) is 16.1. The van der Waals surface area contributed by atoms with E-state index in [2.05, 4.69) is 0 Å². The van der Waals surface area contributed by atoms with E-state index in [1.165, 1.54) is 6.07 Å². The molecule has 0 amide bonds. The monoisotopic (exact) mass is 326 g/mol. The van der Waals surface area contributed by atoms with Crippen LogP contribution in [0.1, 0.15) is 16.7 Å². The second-order valence-electron chi connectivity index (χ2n) is 5.38. The van der Waals surface area contributed by atoms with Crippen molar-refractivity contribution in [2.45, 2.75) is 17.6 Å². The van der Waals surface area contributed by atoms with Crippen LogP contribution in [0, 0.1) is 0 Å². The molecule has 1 heterocycles. The lowest BCUT2D eigenvalue weighted by Crippen LogP contribution is -2.35. The lowest BCUT2D eigenvalue weighted by molar-refractivity contribution is -0.136. The van der Waals surface area contributed by atoms with E-state index in [-0.39, 0.29) is 12.1 Å². The average Bonchev–Trinajstić information content (AvgIpc) is 2.74. The lowest BCUT2D eigenvalue weighted by Gasteiger charge is -2.32. The van der Waals surface area contributed by atoms with Crippen LogP contribution < -0.4 is 10.6 Å². The molecular formula is C16H14ClF3N2. The van der Waals surface area contributed by atoms with Crippen molar-refractivity contribution in [2.24, 2.45) is 0 Å². The van der Waals surface area contributed by atoms with E-state index >= 15 is 0 Å². The largest absolute Gasteiger partial charge is 0.418 e. The van der Waals surface area contributed by atoms with Gasteiger partial charge in [-0.3, -0.25) is 0 Å². The summed E-state index contributed by atoms with van der Waals surface area (Å²) in [6.45, 7) is 0. The Kier molecular flexibility index (Phi) is 3.29. The highest BCUT2D eigenvalue weighted by Gasteiger charge is 2.44. The van der Waals surface area contributed by atoms with Gasteiger partial charge in [-0.15, -0.1) is 0 Å². The minimum Gasteiger partial charge on any atom is -0.398 e. The molecule has 2 aromatic carbocycles.